The molecule has 1 amide bonds. The average molecular weight is 204 g/mol. The number of carbonyl (C=O) groups is 1. The number of rotatable bonds is 1. The largest absolute Gasteiger partial charge is 0.306 e. The number of amides is 1. The minimum absolute atomic E-state index is 0.0296. The van der Waals surface area contributed by atoms with Crippen molar-refractivity contribution >= 4 is 16.9 Å². The summed E-state index contributed by atoms with van der Waals surface area (Å²) in [5.41, 5.74) is 1.81. The van der Waals surface area contributed by atoms with Crippen molar-refractivity contribution in [2.24, 2.45) is 5.84 Å². The first-order valence-electron chi connectivity index (χ1n) is 4.21. The van der Waals surface area contributed by atoms with Crippen molar-refractivity contribution in [1.29, 1.82) is 0 Å². The van der Waals surface area contributed by atoms with Crippen LogP contribution in [0.4, 0.5) is 0 Å². The molecule has 0 bridgehead atoms. The predicted molar refractivity (Wildman–Crippen MR) is 54.0 cm³/mol. The quantitative estimate of drug-likeness (QED) is 0.332. The Morgan fingerprint density at radius 1 is 1.53 bits per heavy atom. The number of hydrogen-bond acceptors (Lipinski definition) is 4. The minimum Gasteiger partial charge on any atom is -0.306 e. The van der Waals surface area contributed by atoms with E-state index in [-0.39, 0.29) is 5.56 Å². The number of nitrogens with one attached hydrogen (secondary N) is 2. The van der Waals surface area contributed by atoms with Crippen molar-refractivity contribution in [2.75, 3.05) is 0 Å². The van der Waals surface area contributed by atoms with Crippen LogP contribution in [0.15, 0.2) is 29.2 Å². The fourth-order valence-corrected chi connectivity index (χ4v) is 1.28. The highest BCUT2D eigenvalue weighted by molar-refractivity contribution is 5.96. The zero-order valence-corrected chi connectivity index (χ0v) is 7.65. The lowest BCUT2D eigenvalue weighted by molar-refractivity contribution is 0.0952. The van der Waals surface area contributed by atoms with Gasteiger partial charge in [0.2, 0.25) is 0 Å². The van der Waals surface area contributed by atoms with Gasteiger partial charge in [0.1, 0.15) is 11.2 Å². The summed E-state index contributed by atoms with van der Waals surface area (Å²) in [7, 11) is 0. The molecule has 76 valence electrons. The Bertz CT molecular complexity index is 576. The first kappa shape index (κ1) is 9.35. The third-order valence-electron chi connectivity index (χ3n) is 1.99. The minimum atomic E-state index is -0.623. The number of fused-ring (bicyclic) bond motifs is 1. The summed E-state index contributed by atoms with van der Waals surface area (Å²) in [6, 6.07) is 4.90. The molecule has 0 aliphatic carbocycles. The fraction of sp³-hybridized carbons (Fsp3) is 0. The molecule has 15 heavy (non-hydrogen) atoms. The van der Waals surface area contributed by atoms with Gasteiger partial charge in [-0.25, -0.2) is 10.8 Å². The summed E-state index contributed by atoms with van der Waals surface area (Å²) in [5, 5.41) is 0.677. The third-order valence-corrected chi connectivity index (χ3v) is 1.99. The highest BCUT2D eigenvalue weighted by Gasteiger charge is 2.09. The summed E-state index contributed by atoms with van der Waals surface area (Å²) in [5.74, 6) is 4.33. The molecular weight excluding hydrogens is 196 g/mol. The molecule has 6 heteroatoms. The highest BCUT2D eigenvalue weighted by atomic mass is 16.2. The topological polar surface area (TPSA) is 101 Å². The molecule has 0 spiro atoms. The Labute approximate surface area is 84.1 Å². The smallest absolute Gasteiger partial charge is 0.270 e. The second kappa shape index (κ2) is 3.50. The van der Waals surface area contributed by atoms with E-state index in [0.717, 1.165) is 0 Å². The molecule has 2 aromatic rings. The number of nitrogen functional groups attached to an aromatic ring is 1. The zero-order chi connectivity index (χ0) is 10.8. The van der Waals surface area contributed by atoms with Gasteiger partial charge in [-0.3, -0.25) is 15.0 Å². The van der Waals surface area contributed by atoms with Gasteiger partial charge in [0.05, 0.1) is 0 Å². The van der Waals surface area contributed by atoms with Crippen LogP contribution in [-0.4, -0.2) is 15.9 Å². The fourth-order valence-electron chi connectivity index (χ4n) is 1.28. The van der Waals surface area contributed by atoms with E-state index in [0.29, 0.717) is 11.0 Å². The van der Waals surface area contributed by atoms with Crippen molar-refractivity contribution in [1.82, 2.24) is 15.4 Å². The summed E-state index contributed by atoms with van der Waals surface area (Å²) in [4.78, 5) is 29.1. The molecule has 0 aromatic carbocycles. The lowest BCUT2D eigenvalue weighted by atomic mass is 10.2. The summed E-state index contributed by atoms with van der Waals surface area (Å²) in [6.45, 7) is 0. The van der Waals surface area contributed by atoms with Crippen LogP contribution in [0.5, 0.6) is 0 Å². The molecule has 4 N–H and O–H groups in total. The second-order valence-electron chi connectivity index (χ2n) is 2.93. The lowest BCUT2D eigenvalue weighted by Crippen LogP contribution is -2.34. The molecule has 0 fully saturated rings. The Hall–Kier alpha value is -2.21. The Kier molecular flexibility index (Phi) is 2.18. The molecule has 0 saturated heterocycles. The van der Waals surface area contributed by atoms with Gasteiger partial charge in [-0.05, 0) is 18.2 Å². The molecule has 0 saturated carbocycles. The molecule has 6 nitrogen and oxygen atoms in total. The number of carbonyl (C=O) groups excluding carboxylic acids is 1. The van der Waals surface area contributed by atoms with Crippen molar-refractivity contribution in [3.63, 3.8) is 0 Å². The maximum atomic E-state index is 11.4. The number of nitrogens with two attached hydrogens (primary N) is 1. The van der Waals surface area contributed by atoms with Gasteiger partial charge in [-0.1, -0.05) is 0 Å². The molecule has 0 atom stereocenters. The maximum Gasteiger partial charge on any atom is 0.270 e. The van der Waals surface area contributed by atoms with Crippen molar-refractivity contribution < 1.29 is 4.79 Å². The molecule has 2 aromatic heterocycles. The molecule has 2 rings (SSSR count). The van der Waals surface area contributed by atoms with Crippen LogP contribution < -0.4 is 16.8 Å². The predicted octanol–water partition coefficient (Wildman–Crippen LogP) is -0.473. The lowest BCUT2D eigenvalue weighted by Gasteiger charge is -2.00. The van der Waals surface area contributed by atoms with Gasteiger partial charge in [0.15, 0.2) is 0 Å². The summed E-state index contributed by atoms with van der Waals surface area (Å²) < 4.78 is 0. The van der Waals surface area contributed by atoms with E-state index in [1.54, 1.807) is 18.3 Å². The molecular formula is C9H8N4O2. The number of hydrazine groups is 1. The summed E-state index contributed by atoms with van der Waals surface area (Å²) >= 11 is 0. The van der Waals surface area contributed by atoms with E-state index in [2.05, 4.69) is 9.97 Å². The summed E-state index contributed by atoms with van der Waals surface area (Å²) in [6.07, 6.45) is 1.56. The van der Waals surface area contributed by atoms with Crippen LogP contribution in [0.25, 0.3) is 11.0 Å². The van der Waals surface area contributed by atoms with Crippen LogP contribution in [0.3, 0.4) is 0 Å². The van der Waals surface area contributed by atoms with Gasteiger partial charge in [-0.15, -0.1) is 0 Å². The number of aromatic amines is 1. The van der Waals surface area contributed by atoms with E-state index in [1.807, 2.05) is 5.43 Å². The van der Waals surface area contributed by atoms with Crippen LogP contribution in [0.1, 0.15) is 10.4 Å². The standard InChI is InChI=1S/C9H8N4O2/c10-13-9(15)6-4-5-2-1-3-11-7(5)12-8(6)14/h1-4H,10H2,(H,13,15)(H,11,12,14). The van der Waals surface area contributed by atoms with Crippen molar-refractivity contribution in [3.05, 3.63) is 40.3 Å². The Morgan fingerprint density at radius 3 is 3.07 bits per heavy atom. The number of hydrogen-bond donors (Lipinski definition) is 3. The average Bonchev–Trinajstić information content (AvgIpc) is 2.27. The Morgan fingerprint density at radius 2 is 2.33 bits per heavy atom. The van der Waals surface area contributed by atoms with Crippen molar-refractivity contribution in [3.8, 4) is 0 Å². The Balaban J connectivity index is 2.73. The van der Waals surface area contributed by atoms with Crippen LogP contribution in [0, 0.1) is 0 Å². The number of aromatic nitrogens is 2. The van der Waals surface area contributed by atoms with Gasteiger partial charge in [-0.2, -0.15) is 0 Å². The van der Waals surface area contributed by atoms with E-state index >= 15 is 0 Å². The number of nitrogens with zero attached hydrogens (tertiary/aromatic N) is 1. The van der Waals surface area contributed by atoms with Crippen LogP contribution in [-0.2, 0) is 0 Å². The third kappa shape index (κ3) is 1.57. The maximum absolute atomic E-state index is 11.4. The molecule has 0 radical (unpaired) electrons. The SMILES string of the molecule is NNC(=O)c1cc2cccnc2[nH]c1=O. The first-order chi connectivity index (χ1) is 7.22. The van der Waals surface area contributed by atoms with E-state index < -0.39 is 11.5 Å². The first-order valence-corrected chi connectivity index (χ1v) is 4.21. The monoisotopic (exact) mass is 204 g/mol. The van der Waals surface area contributed by atoms with E-state index in [1.165, 1.54) is 6.07 Å². The van der Waals surface area contributed by atoms with Crippen LogP contribution in [0.2, 0.25) is 0 Å². The van der Waals surface area contributed by atoms with Gasteiger partial charge in [0, 0.05) is 11.6 Å². The molecule has 0 aliphatic rings. The molecule has 2 heterocycles. The second-order valence-corrected chi connectivity index (χ2v) is 2.93. The van der Waals surface area contributed by atoms with Gasteiger partial charge < -0.3 is 4.98 Å². The zero-order valence-electron chi connectivity index (χ0n) is 7.65. The molecule has 0 unspecified atom stereocenters. The molecule has 0 aliphatic heterocycles. The van der Waals surface area contributed by atoms with Crippen LogP contribution >= 0.6 is 0 Å². The van der Waals surface area contributed by atoms with Crippen molar-refractivity contribution in [2.45, 2.75) is 0 Å². The van der Waals surface area contributed by atoms with Gasteiger partial charge >= 0.3 is 0 Å². The number of pyridine rings is 2. The van der Waals surface area contributed by atoms with E-state index in [4.69, 9.17) is 5.84 Å². The highest BCUT2D eigenvalue weighted by Crippen LogP contribution is 2.06. The van der Waals surface area contributed by atoms with E-state index in [9.17, 15) is 9.59 Å². The normalized spacial score (nSPS) is 10.2. The number of H-pyrrole nitrogens is 1. The van der Waals surface area contributed by atoms with Gasteiger partial charge in [0.25, 0.3) is 11.5 Å².